The summed E-state index contributed by atoms with van der Waals surface area (Å²) in [7, 11) is 0. The number of pyridine rings is 1. The van der Waals surface area contributed by atoms with Gasteiger partial charge in [0.2, 0.25) is 0 Å². The van der Waals surface area contributed by atoms with Crippen molar-refractivity contribution in [2.45, 2.75) is 20.3 Å². The molecule has 4 nitrogen and oxygen atoms in total. The fourth-order valence-corrected chi connectivity index (χ4v) is 3.19. The van der Waals surface area contributed by atoms with Gasteiger partial charge in [0.1, 0.15) is 17.3 Å². The van der Waals surface area contributed by atoms with Gasteiger partial charge < -0.3 is 4.74 Å². The maximum atomic E-state index is 13.6. The Morgan fingerprint density at radius 2 is 1.61 bits per heavy atom. The van der Waals surface area contributed by atoms with E-state index in [4.69, 9.17) is 4.74 Å². The van der Waals surface area contributed by atoms with Crippen molar-refractivity contribution in [2.24, 2.45) is 0 Å². The van der Waals surface area contributed by atoms with Crippen molar-refractivity contribution < 1.29 is 9.13 Å². The van der Waals surface area contributed by atoms with Crippen LogP contribution in [0.3, 0.4) is 0 Å². The number of hydrogen-bond donors (Lipinski definition) is 0. The zero-order valence-corrected chi connectivity index (χ0v) is 15.8. The Morgan fingerprint density at radius 3 is 2.29 bits per heavy atom. The van der Waals surface area contributed by atoms with Crippen LogP contribution in [-0.2, 0) is 6.42 Å². The number of rotatable bonds is 5. The number of hydrogen-bond acceptors (Lipinski definition) is 4. The molecular weight excluding hydrogens is 353 g/mol. The summed E-state index contributed by atoms with van der Waals surface area (Å²) in [6, 6.07) is 14.4. The Labute approximate surface area is 163 Å². The number of fused-ring (bicyclic) bond motifs is 1. The third-order valence-electron chi connectivity index (χ3n) is 4.61. The fourth-order valence-electron chi connectivity index (χ4n) is 3.19. The van der Waals surface area contributed by atoms with E-state index in [0.29, 0.717) is 12.3 Å². The highest BCUT2D eigenvalue weighted by atomic mass is 19.1. The molecule has 0 amide bonds. The second-order valence-electron chi connectivity index (χ2n) is 6.43. The first-order chi connectivity index (χ1) is 13.7. The normalized spacial score (nSPS) is 11.0. The largest absolute Gasteiger partial charge is 0.494 e. The average Bonchev–Trinajstić information content (AvgIpc) is 2.74. The van der Waals surface area contributed by atoms with Crippen LogP contribution < -0.4 is 4.74 Å². The van der Waals surface area contributed by atoms with Gasteiger partial charge in [-0.15, -0.1) is 0 Å². The Kier molecular flexibility index (Phi) is 4.98. The molecule has 4 rings (SSSR count). The first-order valence-electron chi connectivity index (χ1n) is 9.32. The molecule has 5 heteroatoms. The fraction of sp³-hybridized carbons (Fsp3) is 0.174. The molecule has 0 radical (unpaired) electrons. The molecular formula is C23H20FN3O. The van der Waals surface area contributed by atoms with Crippen LogP contribution in [-0.4, -0.2) is 21.6 Å². The molecule has 0 unspecified atom stereocenters. The van der Waals surface area contributed by atoms with E-state index in [2.05, 4.69) is 15.0 Å². The molecule has 0 saturated carbocycles. The maximum Gasteiger partial charge on any atom is 0.123 e. The molecule has 2 aromatic heterocycles. The van der Waals surface area contributed by atoms with Gasteiger partial charge in [-0.2, -0.15) is 0 Å². The molecule has 4 aromatic rings. The third kappa shape index (κ3) is 3.56. The van der Waals surface area contributed by atoms with Crippen LogP contribution in [0.15, 0.2) is 60.9 Å². The topological polar surface area (TPSA) is 47.9 Å². The van der Waals surface area contributed by atoms with Crippen molar-refractivity contribution in [1.82, 2.24) is 15.0 Å². The van der Waals surface area contributed by atoms with E-state index in [1.165, 1.54) is 12.1 Å². The molecule has 2 heterocycles. The molecule has 2 aromatic carbocycles. The van der Waals surface area contributed by atoms with Crippen LogP contribution in [0.2, 0.25) is 0 Å². The van der Waals surface area contributed by atoms with Gasteiger partial charge in [0, 0.05) is 10.9 Å². The molecule has 0 atom stereocenters. The summed E-state index contributed by atoms with van der Waals surface area (Å²) in [5, 5.41) is 0.838. The Hall–Kier alpha value is -3.34. The van der Waals surface area contributed by atoms with Crippen LogP contribution in [0, 0.1) is 5.82 Å². The van der Waals surface area contributed by atoms with Crippen molar-refractivity contribution in [3.8, 4) is 28.4 Å². The molecule has 140 valence electrons. The van der Waals surface area contributed by atoms with Crippen molar-refractivity contribution in [3.05, 3.63) is 72.3 Å². The molecule has 0 N–H and O–H groups in total. The smallest absolute Gasteiger partial charge is 0.123 e. The van der Waals surface area contributed by atoms with Crippen molar-refractivity contribution in [2.75, 3.05) is 6.61 Å². The van der Waals surface area contributed by atoms with E-state index in [1.807, 2.05) is 44.2 Å². The van der Waals surface area contributed by atoms with Crippen LogP contribution in [0.4, 0.5) is 4.39 Å². The zero-order valence-electron chi connectivity index (χ0n) is 15.8. The van der Waals surface area contributed by atoms with Crippen LogP contribution in [0.1, 0.15) is 19.4 Å². The molecule has 0 spiro atoms. The summed E-state index contributed by atoms with van der Waals surface area (Å²) in [4.78, 5) is 13.7. The summed E-state index contributed by atoms with van der Waals surface area (Å²) >= 11 is 0. The maximum absolute atomic E-state index is 13.6. The summed E-state index contributed by atoms with van der Waals surface area (Å²) in [5.74, 6) is 0.580. The lowest BCUT2D eigenvalue weighted by Crippen LogP contribution is -1.95. The van der Waals surface area contributed by atoms with Crippen molar-refractivity contribution in [1.29, 1.82) is 0 Å². The molecule has 0 fully saturated rings. The van der Waals surface area contributed by atoms with E-state index in [1.54, 1.807) is 18.5 Å². The van der Waals surface area contributed by atoms with Crippen LogP contribution in [0.5, 0.6) is 5.75 Å². The number of halogens is 1. The Bertz CT molecular complexity index is 1110. The summed E-state index contributed by atoms with van der Waals surface area (Å²) in [5.41, 5.74) is 4.98. The Balaban J connectivity index is 1.67. The highest BCUT2D eigenvalue weighted by molar-refractivity contribution is 5.85. The van der Waals surface area contributed by atoms with Gasteiger partial charge in [-0.05, 0) is 67.4 Å². The number of aromatic nitrogens is 3. The molecule has 0 bridgehead atoms. The lowest BCUT2D eigenvalue weighted by Gasteiger charge is -2.09. The molecule has 0 aliphatic rings. The third-order valence-corrected chi connectivity index (χ3v) is 4.61. The van der Waals surface area contributed by atoms with E-state index in [-0.39, 0.29) is 5.82 Å². The summed E-state index contributed by atoms with van der Waals surface area (Å²) < 4.78 is 19.1. The van der Waals surface area contributed by atoms with Crippen molar-refractivity contribution >= 4 is 10.9 Å². The molecule has 0 saturated heterocycles. The van der Waals surface area contributed by atoms with E-state index in [0.717, 1.165) is 45.6 Å². The van der Waals surface area contributed by atoms with Gasteiger partial charge in [-0.1, -0.05) is 6.92 Å². The molecule has 28 heavy (non-hydrogen) atoms. The van der Waals surface area contributed by atoms with Gasteiger partial charge in [0.05, 0.1) is 35.9 Å². The number of benzene rings is 2. The van der Waals surface area contributed by atoms with Gasteiger partial charge in [0.15, 0.2) is 0 Å². The van der Waals surface area contributed by atoms with E-state index < -0.39 is 0 Å². The minimum absolute atomic E-state index is 0.253. The Morgan fingerprint density at radius 1 is 0.857 bits per heavy atom. The lowest BCUT2D eigenvalue weighted by atomic mass is 10.0. The highest BCUT2D eigenvalue weighted by Gasteiger charge is 2.10. The average molecular weight is 373 g/mol. The quantitative estimate of drug-likeness (QED) is 0.466. The number of nitrogens with zero attached hydrogens (tertiary/aromatic N) is 3. The zero-order chi connectivity index (χ0) is 19.5. The monoisotopic (exact) mass is 373 g/mol. The molecule has 0 aliphatic carbocycles. The lowest BCUT2D eigenvalue weighted by molar-refractivity contribution is 0.340. The first-order valence-corrected chi connectivity index (χ1v) is 9.32. The minimum atomic E-state index is -0.253. The highest BCUT2D eigenvalue weighted by Crippen LogP contribution is 2.26. The predicted octanol–water partition coefficient (Wildman–Crippen LogP) is 5.46. The minimum Gasteiger partial charge on any atom is -0.494 e. The first kappa shape index (κ1) is 18.0. The van der Waals surface area contributed by atoms with E-state index in [9.17, 15) is 4.39 Å². The van der Waals surface area contributed by atoms with Gasteiger partial charge in [-0.3, -0.25) is 9.97 Å². The number of aryl methyl sites for hydroxylation is 1. The summed E-state index contributed by atoms with van der Waals surface area (Å²) in [6.07, 6.45) is 4.25. The van der Waals surface area contributed by atoms with E-state index >= 15 is 0 Å². The van der Waals surface area contributed by atoms with Gasteiger partial charge in [-0.25, -0.2) is 9.37 Å². The number of ether oxygens (including phenoxy) is 1. The van der Waals surface area contributed by atoms with Crippen LogP contribution in [0.25, 0.3) is 33.5 Å². The van der Waals surface area contributed by atoms with Gasteiger partial charge >= 0.3 is 0 Å². The van der Waals surface area contributed by atoms with Crippen LogP contribution >= 0.6 is 0 Å². The standard InChI is InChI=1S/C23H20FN3O/c1-3-15-11-21(27-20-10-7-17(24)12-19(15)20)23-14-25-22(13-26-23)16-5-8-18(9-6-16)28-4-2/h5-14H,3-4H2,1-2H3. The second-order valence-corrected chi connectivity index (χ2v) is 6.43. The van der Waals surface area contributed by atoms with Crippen molar-refractivity contribution in [3.63, 3.8) is 0 Å². The van der Waals surface area contributed by atoms with Gasteiger partial charge in [0.25, 0.3) is 0 Å². The second kappa shape index (κ2) is 7.72. The SMILES string of the molecule is CCOc1ccc(-c2cnc(-c3cc(CC)c4cc(F)ccc4n3)cn2)cc1. The summed E-state index contributed by atoms with van der Waals surface area (Å²) in [6.45, 7) is 4.64. The molecule has 0 aliphatic heterocycles. The predicted molar refractivity (Wildman–Crippen MR) is 109 cm³/mol.